The molecule has 5 saturated heterocycles. The molecule has 5 aliphatic heterocycles. The van der Waals surface area contributed by atoms with Gasteiger partial charge in [0.15, 0.2) is 30.9 Å². The van der Waals surface area contributed by atoms with Crippen molar-refractivity contribution in [3.8, 4) is 0 Å². The molecule has 0 aromatic rings. The first-order valence-corrected chi connectivity index (χ1v) is 26.8. The predicted octanol–water partition coefficient (Wildman–Crippen LogP) is -2.74. The quantitative estimate of drug-likeness (QED) is 0.0740. The molecule has 74 heavy (non-hydrogen) atoms. The zero-order valence-corrected chi connectivity index (χ0v) is 43.1. The molecule has 0 amide bonds. The van der Waals surface area contributed by atoms with Crippen LogP contribution in [0.5, 0.6) is 0 Å². The van der Waals surface area contributed by atoms with E-state index in [4.69, 9.17) is 47.4 Å². The average Bonchev–Trinajstić information content (AvgIpc) is 3.84. The normalized spacial score (nSPS) is 54.9. The van der Waals surface area contributed by atoms with E-state index in [0.29, 0.717) is 19.3 Å². The van der Waals surface area contributed by atoms with E-state index in [0.717, 1.165) is 31.3 Å². The molecule has 31 atom stereocenters. The van der Waals surface area contributed by atoms with Crippen LogP contribution in [0.25, 0.3) is 0 Å². The SMILES string of the molecule is CO[C@]1(CC[C@H](C)CO[C@@H]2O[C@H](CO)[C@@H](O)[C@H](O)[C@H]2O)O[C@H]2C[C@H]3[C@@H]4CC=C5C[C@@H](O)C[C@@H](O[C@@H]6O[C@H](C)[C@H](O)[C@H](O[C@@H]7OC[C@@H](O)[C@H](O)[C@H]7O)[C@H]6O[C@@H]6O[C@H](CO)[C@@H](O)[C@H](O)[C@H]6O)[C@]5(C)[C@H]4CC[C@]3(C)[C@H]2[C@@H]1C. The summed E-state index contributed by atoms with van der Waals surface area (Å²) in [5.41, 5.74) is 0.261. The molecule has 3 saturated carbocycles. The topological polar surface area (TPSA) is 355 Å². The Morgan fingerprint density at radius 2 is 1.34 bits per heavy atom. The number of ether oxygens (including phenoxy) is 10. The first kappa shape index (κ1) is 57.5. The van der Waals surface area contributed by atoms with Gasteiger partial charge in [-0.25, -0.2) is 0 Å². The third-order valence-electron chi connectivity index (χ3n) is 19.5. The first-order valence-electron chi connectivity index (χ1n) is 26.8. The predicted molar refractivity (Wildman–Crippen MR) is 250 cm³/mol. The maximum atomic E-state index is 11.7. The molecule has 0 unspecified atom stereocenters. The molecule has 0 radical (unpaired) electrons. The Morgan fingerprint density at radius 3 is 2.00 bits per heavy atom. The van der Waals surface area contributed by atoms with Gasteiger partial charge in [0.05, 0.1) is 50.8 Å². The molecule has 4 aliphatic carbocycles. The van der Waals surface area contributed by atoms with Crippen molar-refractivity contribution in [1.29, 1.82) is 0 Å². The molecule has 23 heteroatoms. The molecule has 0 aromatic carbocycles. The molecule has 13 N–H and O–H groups in total. The van der Waals surface area contributed by atoms with Crippen LogP contribution >= 0.6 is 0 Å². The first-order chi connectivity index (χ1) is 35.0. The summed E-state index contributed by atoms with van der Waals surface area (Å²) < 4.78 is 62.2. The van der Waals surface area contributed by atoms with Gasteiger partial charge in [-0.1, -0.05) is 39.3 Å². The third kappa shape index (κ3) is 10.00. The number of rotatable bonds is 15. The lowest BCUT2D eigenvalue weighted by Crippen LogP contribution is -2.67. The van der Waals surface area contributed by atoms with Gasteiger partial charge in [0.1, 0.15) is 85.5 Å². The van der Waals surface area contributed by atoms with Crippen LogP contribution in [0.3, 0.4) is 0 Å². The Hall–Kier alpha value is -1.18. The summed E-state index contributed by atoms with van der Waals surface area (Å²) in [5, 5.41) is 138. The zero-order chi connectivity index (χ0) is 53.5. The lowest BCUT2D eigenvalue weighted by atomic mass is 9.46. The second-order valence-electron chi connectivity index (χ2n) is 23.6. The van der Waals surface area contributed by atoms with Gasteiger partial charge in [-0.15, -0.1) is 0 Å². The van der Waals surface area contributed by atoms with Gasteiger partial charge in [-0.3, -0.25) is 0 Å². The second kappa shape index (κ2) is 22.4. The molecule has 426 valence electrons. The van der Waals surface area contributed by atoms with Crippen LogP contribution in [-0.4, -0.2) is 241 Å². The van der Waals surface area contributed by atoms with Crippen LogP contribution in [0.1, 0.15) is 86.0 Å². The second-order valence-corrected chi connectivity index (χ2v) is 23.6. The summed E-state index contributed by atoms with van der Waals surface area (Å²) in [6.07, 6.45) is -23.0. The van der Waals surface area contributed by atoms with Gasteiger partial charge in [0.25, 0.3) is 0 Å². The maximum Gasteiger partial charge on any atom is 0.187 e. The van der Waals surface area contributed by atoms with Crippen molar-refractivity contribution in [2.45, 2.75) is 227 Å². The zero-order valence-electron chi connectivity index (χ0n) is 43.1. The number of aliphatic hydroxyl groups excluding tert-OH is 13. The van der Waals surface area contributed by atoms with Crippen LogP contribution in [-0.2, 0) is 47.4 Å². The lowest BCUT2D eigenvalue weighted by molar-refractivity contribution is -0.392. The van der Waals surface area contributed by atoms with Gasteiger partial charge in [-0.05, 0) is 80.5 Å². The summed E-state index contributed by atoms with van der Waals surface area (Å²) in [6, 6.07) is 0. The van der Waals surface area contributed by atoms with Crippen molar-refractivity contribution < 1.29 is 114 Å². The Kier molecular flexibility index (Phi) is 17.4. The van der Waals surface area contributed by atoms with E-state index in [1.54, 1.807) is 14.0 Å². The maximum absolute atomic E-state index is 11.7. The van der Waals surface area contributed by atoms with E-state index < -0.39 is 160 Å². The summed E-state index contributed by atoms with van der Waals surface area (Å²) in [4.78, 5) is 0. The largest absolute Gasteiger partial charge is 0.394 e. The van der Waals surface area contributed by atoms with E-state index >= 15 is 0 Å². The molecule has 0 spiro atoms. The van der Waals surface area contributed by atoms with Gasteiger partial charge in [0, 0.05) is 31.3 Å². The Labute approximate surface area is 431 Å². The fourth-order valence-corrected chi connectivity index (χ4v) is 15.1. The smallest absolute Gasteiger partial charge is 0.187 e. The molecule has 0 aromatic heterocycles. The number of allylic oxidation sites excluding steroid dienone is 1. The Morgan fingerprint density at radius 1 is 0.703 bits per heavy atom. The van der Waals surface area contributed by atoms with Gasteiger partial charge in [0.2, 0.25) is 0 Å². The van der Waals surface area contributed by atoms with Crippen molar-refractivity contribution in [3.63, 3.8) is 0 Å². The van der Waals surface area contributed by atoms with E-state index in [1.807, 2.05) is 6.92 Å². The van der Waals surface area contributed by atoms with Crippen molar-refractivity contribution in [3.05, 3.63) is 11.6 Å². The van der Waals surface area contributed by atoms with Crippen LogP contribution in [0, 0.1) is 46.3 Å². The number of aliphatic hydroxyl groups is 13. The van der Waals surface area contributed by atoms with Gasteiger partial charge < -0.3 is 114 Å². The van der Waals surface area contributed by atoms with Gasteiger partial charge in [-0.2, -0.15) is 0 Å². The average molecular weight is 1070 g/mol. The van der Waals surface area contributed by atoms with Gasteiger partial charge >= 0.3 is 0 Å². The minimum Gasteiger partial charge on any atom is -0.394 e. The number of methoxy groups -OCH3 is 1. The summed E-state index contributed by atoms with van der Waals surface area (Å²) in [7, 11) is 1.68. The highest BCUT2D eigenvalue weighted by atomic mass is 16.8. The highest BCUT2D eigenvalue weighted by molar-refractivity contribution is 5.29. The standard InChI is InChI=1S/C51H84O23/c1-20(18-66-45-41(63)38(60)36(58)30(16-52)69-45)9-12-51(65-6)21(2)33-29(74-51)15-27-25-8-7-23-13-24(54)14-32(50(23,5)26(25)10-11-49(27,33)4)71-48-44(73-47-42(64)39(61)37(59)31(17-53)70-47)43(34(56)22(3)68-48)72-46-40(62)35(57)28(55)19-67-46/h7,20-22,24-48,52-64H,8-19H2,1-6H3/t20-,21-,22+,24+,25+,26-,27-,28+,29-,30+,31+,32+,33-,34-,35-,36+,37+,38-,39-,40+,41+,42+,43-,44+,45+,46-,47-,48-,49-,50-,51+/m0/s1. The monoisotopic (exact) mass is 1060 g/mol. The van der Waals surface area contributed by atoms with Crippen LogP contribution in [0.2, 0.25) is 0 Å². The molecule has 23 nitrogen and oxygen atoms in total. The fraction of sp³-hybridized carbons (Fsp3) is 0.961. The van der Waals surface area contributed by atoms with E-state index in [2.05, 4.69) is 26.8 Å². The molecule has 5 heterocycles. The van der Waals surface area contributed by atoms with Crippen molar-refractivity contribution >= 4 is 0 Å². The molecular formula is C51H84O23. The summed E-state index contributed by atoms with van der Waals surface area (Å²) >= 11 is 0. The number of hydrogen-bond donors (Lipinski definition) is 13. The third-order valence-corrected chi connectivity index (χ3v) is 19.5. The molecule has 9 aliphatic rings. The molecule has 8 fully saturated rings. The number of fused-ring (bicyclic) bond motifs is 7. The number of hydrogen-bond acceptors (Lipinski definition) is 23. The van der Waals surface area contributed by atoms with E-state index in [9.17, 15) is 66.4 Å². The van der Waals surface area contributed by atoms with Crippen LogP contribution in [0.4, 0.5) is 0 Å². The van der Waals surface area contributed by atoms with E-state index in [-0.39, 0.29) is 60.1 Å². The molecule has 9 rings (SSSR count). The van der Waals surface area contributed by atoms with Crippen molar-refractivity contribution in [2.24, 2.45) is 46.3 Å². The molecule has 0 bridgehead atoms. The Bertz CT molecular complexity index is 1920. The highest BCUT2D eigenvalue weighted by Gasteiger charge is 2.69. The fourth-order valence-electron chi connectivity index (χ4n) is 15.1. The Balaban J connectivity index is 0.926. The molecular weight excluding hydrogens is 981 g/mol. The van der Waals surface area contributed by atoms with Crippen molar-refractivity contribution in [2.75, 3.05) is 33.5 Å². The van der Waals surface area contributed by atoms with Crippen molar-refractivity contribution in [1.82, 2.24) is 0 Å². The lowest BCUT2D eigenvalue weighted by Gasteiger charge is -2.60. The minimum atomic E-state index is -1.87. The van der Waals surface area contributed by atoms with Crippen LogP contribution < -0.4 is 0 Å². The highest BCUT2D eigenvalue weighted by Crippen LogP contribution is 2.70. The van der Waals surface area contributed by atoms with E-state index in [1.165, 1.54) is 0 Å². The minimum absolute atomic E-state index is 0.0128. The summed E-state index contributed by atoms with van der Waals surface area (Å²) in [6.45, 7) is 8.80. The summed E-state index contributed by atoms with van der Waals surface area (Å²) in [5.74, 6) is -0.211. The van der Waals surface area contributed by atoms with Crippen LogP contribution in [0.15, 0.2) is 11.6 Å².